The molecule has 3 aromatic rings. The van der Waals surface area contributed by atoms with Crippen molar-refractivity contribution in [1.29, 1.82) is 0 Å². The third kappa shape index (κ3) is 2.48. The molecule has 0 atom stereocenters. The van der Waals surface area contributed by atoms with Crippen LogP contribution in [0, 0.1) is 10.5 Å². The first-order valence-electron chi connectivity index (χ1n) is 6.93. The molecule has 0 bridgehead atoms. The normalized spacial score (nSPS) is 11.3. The average molecular weight is 315 g/mol. The van der Waals surface area contributed by atoms with Gasteiger partial charge in [0.15, 0.2) is 0 Å². The van der Waals surface area contributed by atoms with Crippen molar-refractivity contribution in [3.8, 4) is 5.69 Å². The Bertz CT molecular complexity index is 955. The molecule has 2 aromatic carbocycles. The lowest BCUT2D eigenvalue weighted by atomic mass is 10.0. The summed E-state index contributed by atoms with van der Waals surface area (Å²) in [5.41, 5.74) is 2.05. The summed E-state index contributed by atoms with van der Waals surface area (Å²) in [6, 6.07) is 11.4. The maximum Gasteiger partial charge on any atom is 0.425 e. The van der Waals surface area contributed by atoms with Crippen molar-refractivity contribution in [2.24, 2.45) is 0 Å². The first-order chi connectivity index (χ1) is 10.5. The van der Waals surface area contributed by atoms with E-state index < -0.39 is 11.6 Å². The highest BCUT2D eigenvalue weighted by molar-refractivity contribution is 7.71. The van der Waals surface area contributed by atoms with Crippen molar-refractivity contribution in [2.45, 2.75) is 19.8 Å². The minimum atomic E-state index is -0.582. The largest absolute Gasteiger partial charge is 0.425 e. The molecular formula is C17H14FNO2S. The van der Waals surface area contributed by atoms with Crippen molar-refractivity contribution in [3.05, 3.63) is 69.0 Å². The van der Waals surface area contributed by atoms with Crippen LogP contribution in [0.15, 0.2) is 51.7 Å². The third-order valence-corrected chi connectivity index (χ3v) is 3.98. The predicted octanol–water partition coefficient (Wildman–Crippen LogP) is 4.58. The molecule has 0 fully saturated rings. The molecule has 22 heavy (non-hydrogen) atoms. The highest BCUT2D eigenvalue weighted by Crippen LogP contribution is 2.20. The van der Waals surface area contributed by atoms with Crippen molar-refractivity contribution < 1.29 is 8.81 Å². The van der Waals surface area contributed by atoms with Crippen molar-refractivity contribution in [3.63, 3.8) is 0 Å². The fourth-order valence-electron chi connectivity index (χ4n) is 2.33. The monoisotopic (exact) mass is 315 g/mol. The van der Waals surface area contributed by atoms with Gasteiger partial charge in [0.25, 0.3) is 0 Å². The van der Waals surface area contributed by atoms with E-state index in [1.165, 1.54) is 22.8 Å². The van der Waals surface area contributed by atoms with E-state index in [9.17, 15) is 9.18 Å². The van der Waals surface area contributed by atoms with Gasteiger partial charge in [0.1, 0.15) is 16.0 Å². The van der Waals surface area contributed by atoms with Gasteiger partial charge in [-0.2, -0.15) is 0 Å². The van der Waals surface area contributed by atoms with Crippen LogP contribution in [-0.2, 0) is 0 Å². The summed E-state index contributed by atoms with van der Waals surface area (Å²) >= 11 is 5.34. The molecule has 0 aliphatic carbocycles. The number of rotatable bonds is 2. The van der Waals surface area contributed by atoms with Crippen LogP contribution < -0.4 is 5.76 Å². The van der Waals surface area contributed by atoms with Crippen LogP contribution in [-0.4, -0.2) is 4.57 Å². The molecule has 3 nitrogen and oxygen atoms in total. The minimum absolute atomic E-state index is 0.239. The molecule has 0 saturated heterocycles. The quantitative estimate of drug-likeness (QED) is 0.650. The fourth-order valence-corrected chi connectivity index (χ4v) is 2.67. The van der Waals surface area contributed by atoms with Crippen molar-refractivity contribution in [1.82, 2.24) is 4.57 Å². The molecule has 0 radical (unpaired) electrons. The Hall–Kier alpha value is -2.27. The highest BCUT2D eigenvalue weighted by atomic mass is 32.1. The Balaban J connectivity index is 2.26. The van der Waals surface area contributed by atoms with Gasteiger partial charge in [-0.05, 0) is 41.8 Å². The zero-order valence-electron chi connectivity index (χ0n) is 12.2. The highest BCUT2D eigenvalue weighted by Gasteiger charge is 2.10. The van der Waals surface area contributed by atoms with Crippen LogP contribution in [0.3, 0.4) is 0 Å². The van der Waals surface area contributed by atoms with Crippen LogP contribution in [0.25, 0.3) is 16.7 Å². The molecule has 0 aliphatic heterocycles. The van der Waals surface area contributed by atoms with Gasteiger partial charge in [0.05, 0.1) is 11.1 Å². The van der Waals surface area contributed by atoms with Crippen LogP contribution in [0.5, 0.6) is 0 Å². The van der Waals surface area contributed by atoms with E-state index in [0.29, 0.717) is 17.0 Å². The third-order valence-electron chi connectivity index (χ3n) is 3.57. The van der Waals surface area contributed by atoms with E-state index in [1.807, 2.05) is 24.3 Å². The number of hydrogen-bond acceptors (Lipinski definition) is 3. The van der Waals surface area contributed by atoms with Crippen molar-refractivity contribution >= 4 is 23.2 Å². The summed E-state index contributed by atoms with van der Waals surface area (Å²) in [4.78, 5) is 12.2. The first kappa shape index (κ1) is 14.7. The molecule has 112 valence electrons. The van der Waals surface area contributed by atoms with Crippen LogP contribution in [0.2, 0.25) is 0 Å². The van der Waals surface area contributed by atoms with Crippen LogP contribution in [0.4, 0.5) is 4.39 Å². The fraction of sp³-hybridized carbons (Fsp3) is 0.176. The summed E-state index contributed by atoms with van der Waals surface area (Å²) in [5.74, 6) is -0.611. The Kier molecular flexibility index (Phi) is 3.66. The van der Waals surface area contributed by atoms with E-state index in [4.69, 9.17) is 16.6 Å². The number of fused-ring (bicyclic) bond motifs is 1. The first-order valence-corrected chi connectivity index (χ1v) is 7.34. The Morgan fingerprint density at radius 2 is 1.82 bits per heavy atom. The number of benzene rings is 2. The Morgan fingerprint density at radius 3 is 2.45 bits per heavy atom. The van der Waals surface area contributed by atoms with Gasteiger partial charge in [-0.1, -0.05) is 38.2 Å². The second-order valence-electron chi connectivity index (χ2n) is 5.40. The molecule has 0 amide bonds. The van der Waals surface area contributed by atoms with Crippen LogP contribution >= 0.6 is 12.2 Å². The van der Waals surface area contributed by atoms with Gasteiger partial charge < -0.3 is 4.42 Å². The van der Waals surface area contributed by atoms with Crippen molar-refractivity contribution in [2.75, 3.05) is 0 Å². The van der Waals surface area contributed by atoms with E-state index >= 15 is 0 Å². The lowest BCUT2D eigenvalue weighted by Crippen LogP contribution is -2.18. The molecule has 3 rings (SSSR count). The predicted molar refractivity (Wildman–Crippen MR) is 86.7 cm³/mol. The van der Waals surface area contributed by atoms with Gasteiger partial charge >= 0.3 is 5.76 Å². The van der Waals surface area contributed by atoms with Gasteiger partial charge in [0.2, 0.25) is 0 Å². The summed E-state index contributed by atoms with van der Waals surface area (Å²) in [6.45, 7) is 4.18. The zero-order valence-corrected chi connectivity index (χ0v) is 13.0. The number of halogens is 1. The molecule has 0 aliphatic rings. The molecule has 0 unspecified atom stereocenters. The minimum Gasteiger partial charge on any atom is -0.409 e. The second kappa shape index (κ2) is 5.50. The van der Waals surface area contributed by atoms with E-state index in [0.717, 1.165) is 5.56 Å². The Labute approximate surface area is 131 Å². The summed E-state index contributed by atoms with van der Waals surface area (Å²) < 4.78 is 20.2. The standard InChI is InChI=1S/C17H14FNO2S/c1-10(2)11-3-6-13(7-4-11)19-16(22)14-9-12(18)5-8-15(14)21-17(19)20/h3-10H,1-2H3. The maximum absolute atomic E-state index is 13.4. The maximum atomic E-state index is 13.4. The molecule has 0 N–H and O–H groups in total. The number of aromatic nitrogens is 1. The molecule has 0 saturated carbocycles. The number of nitrogens with zero attached hydrogens (tertiary/aromatic N) is 1. The van der Waals surface area contributed by atoms with Gasteiger partial charge in [0, 0.05) is 0 Å². The van der Waals surface area contributed by atoms with Gasteiger partial charge in [-0.15, -0.1) is 0 Å². The second-order valence-corrected chi connectivity index (χ2v) is 5.78. The molecule has 1 heterocycles. The van der Waals surface area contributed by atoms with Gasteiger partial charge in [-0.25, -0.2) is 13.8 Å². The lowest BCUT2D eigenvalue weighted by molar-refractivity contribution is 0.505. The molecular weight excluding hydrogens is 301 g/mol. The summed E-state index contributed by atoms with van der Waals surface area (Å²) in [7, 11) is 0. The van der Waals surface area contributed by atoms with Crippen LogP contribution in [0.1, 0.15) is 25.3 Å². The van der Waals surface area contributed by atoms with E-state index in [1.54, 1.807) is 0 Å². The molecule has 0 spiro atoms. The van der Waals surface area contributed by atoms with Gasteiger partial charge in [-0.3, -0.25) is 0 Å². The molecule has 5 heteroatoms. The average Bonchev–Trinajstić information content (AvgIpc) is 2.49. The molecule has 1 aromatic heterocycles. The number of hydrogen-bond donors (Lipinski definition) is 0. The SMILES string of the molecule is CC(C)c1ccc(-n2c(=O)oc3ccc(F)cc3c2=S)cc1. The summed E-state index contributed by atoms with van der Waals surface area (Å²) in [6.07, 6.45) is 0. The topological polar surface area (TPSA) is 35.1 Å². The Morgan fingerprint density at radius 1 is 1.14 bits per heavy atom. The zero-order chi connectivity index (χ0) is 15.9. The lowest BCUT2D eigenvalue weighted by Gasteiger charge is -2.09. The summed E-state index contributed by atoms with van der Waals surface area (Å²) in [5, 5.41) is 0.405. The smallest absolute Gasteiger partial charge is 0.409 e. The van der Waals surface area contributed by atoms with E-state index in [-0.39, 0.29) is 10.2 Å². The van der Waals surface area contributed by atoms with E-state index in [2.05, 4.69) is 13.8 Å².